The van der Waals surface area contributed by atoms with Gasteiger partial charge in [-0.3, -0.25) is 9.59 Å². The zero-order valence-electron chi connectivity index (χ0n) is 14.9. The minimum Gasteiger partial charge on any atom is -0.469 e. The van der Waals surface area contributed by atoms with Crippen LogP contribution in [-0.2, 0) is 22.4 Å². The molecule has 2 aromatic rings. The molecule has 0 bridgehead atoms. The second-order valence-corrected chi connectivity index (χ2v) is 6.35. The van der Waals surface area contributed by atoms with Gasteiger partial charge < -0.3 is 15.1 Å². The van der Waals surface area contributed by atoms with Crippen molar-refractivity contribution in [3.8, 4) is 0 Å². The molecule has 25 heavy (non-hydrogen) atoms. The highest BCUT2D eigenvalue weighted by atomic mass is 16.3. The minimum atomic E-state index is -0.171. The molecule has 0 spiro atoms. The van der Waals surface area contributed by atoms with Crippen molar-refractivity contribution in [1.29, 1.82) is 0 Å². The van der Waals surface area contributed by atoms with E-state index in [-0.39, 0.29) is 24.4 Å². The van der Waals surface area contributed by atoms with Gasteiger partial charge in [0.25, 0.3) is 0 Å². The van der Waals surface area contributed by atoms with Crippen molar-refractivity contribution < 1.29 is 14.0 Å². The summed E-state index contributed by atoms with van der Waals surface area (Å²) in [6, 6.07) is 11.9. The van der Waals surface area contributed by atoms with Crippen molar-refractivity contribution in [3.05, 3.63) is 59.5 Å². The first-order valence-electron chi connectivity index (χ1n) is 8.67. The van der Waals surface area contributed by atoms with Crippen molar-refractivity contribution in [1.82, 2.24) is 10.6 Å². The molecule has 0 fully saturated rings. The number of rotatable bonds is 9. The number of amides is 2. The number of nitrogens with one attached hydrogen (secondary N) is 2. The molecule has 0 unspecified atom stereocenters. The van der Waals surface area contributed by atoms with Gasteiger partial charge in [-0.1, -0.05) is 29.8 Å². The smallest absolute Gasteiger partial charge is 0.239 e. The fourth-order valence-electron chi connectivity index (χ4n) is 2.49. The average Bonchev–Trinajstić information content (AvgIpc) is 3.11. The van der Waals surface area contributed by atoms with Crippen LogP contribution < -0.4 is 10.6 Å². The van der Waals surface area contributed by atoms with Crippen molar-refractivity contribution in [2.45, 2.75) is 45.6 Å². The van der Waals surface area contributed by atoms with Crippen molar-refractivity contribution in [3.63, 3.8) is 0 Å². The van der Waals surface area contributed by atoms with E-state index in [9.17, 15) is 9.59 Å². The van der Waals surface area contributed by atoms with E-state index in [4.69, 9.17) is 4.42 Å². The molecule has 0 radical (unpaired) electrons. The van der Waals surface area contributed by atoms with Gasteiger partial charge in [0.1, 0.15) is 5.76 Å². The Kier molecular flexibility index (Phi) is 7.26. The van der Waals surface area contributed by atoms with Crippen LogP contribution in [0.15, 0.2) is 47.1 Å². The number of aryl methyl sites for hydroxylation is 3. The number of hydrogen-bond donors (Lipinski definition) is 2. The lowest BCUT2D eigenvalue weighted by molar-refractivity contribution is -0.126. The molecule has 1 aromatic heterocycles. The Morgan fingerprint density at radius 3 is 2.52 bits per heavy atom. The summed E-state index contributed by atoms with van der Waals surface area (Å²) in [5.41, 5.74) is 2.32. The first-order valence-corrected chi connectivity index (χ1v) is 8.67. The summed E-state index contributed by atoms with van der Waals surface area (Å²) in [5.74, 6) is 0.625. The van der Waals surface area contributed by atoms with E-state index in [1.165, 1.54) is 5.56 Å². The van der Waals surface area contributed by atoms with Crippen molar-refractivity contribution in [2.24, 2.45) is 0 Å². The number of furan rings is 1. The van der Waals surface area contributed by atoms with Gasteiger partial charge in [-0.2, -0.15) is 0 Å². The summed E-state index contributed by atoms with van der Waals surface area (Å²) in [4.78, 5) is 23.7. The number of benzene rings is 1. The predicted octanol–water partition coefficient (Wildman–Crippen LogP) is 2.77. The standard InChI is InChI=1S/C20H26N2O3/c1-15-5-8-17(9-6-15)10-12-19(23)21-14-20(24)22-16(2)7-11-18-4-3-13-25-18/h3-6,8-9,13,16H,7,10-12,14H2,1-2H3,(H,21,23)(H,22,24)/t16-/m1/s1. The zero-order chi connectivity index (χ0) is 18.1. The Morgan fingerprint density at radius 1 is 1.08 bits per heavy atom. The Bertz CT molecular complexity index is 663. The van der Waals surface area contributed by atoms with Crippen molar-refractivity contribution in [2.75, 3.05) is 6.54 Å². The molecule has 0 aliphatic heterocycles. The van der Waals surface area contributed by atoms with E-state index in [1.54, 1.807) is 6.26 Å². The van der Waals surface area contributed by atoms with Crippen LogP contribution in [0.1, 0.15) is 36.7 Å². The van der Waals surface area contributed by atoms with Gasteiger partial charge in [-0.05, 0) is 44.4 Å². The van der Waals surface area contributed by atoms with Crippen LogP contribution in [0.2, 0.25) is 0 Å². The molecule has 1 aromatic carbocycles. The van der Waals surface area contributed by atoms with E-state index >= 15 is 0 Å². The number of carbonyl (C=O) groups is 2. The van der Waals surface area contributed by atoms with Gasteiger partial charge >= 0.3 is 0 Å². The summed E-state index contributed by atoms with van der Waals surface area (Å²) < 4.78 is 5.27. The van der Waals surface area contributed by atoms with Crippen molar-refractivity contribution >= 4 is 11.8 Å². The third-order valence-electron chi connectivity index (χ3n) is 4.02. The molecule has 2 amide bonds. The molecule has 2 rings (SSSR count). The van der Waals surface area contributed by atoms with E-state index < -0.39 is 0 Å². The maximum absolute atomic E-state index is 11.9. The van der Waals surface area contributed by atoms with E-state index in [2.05, 4.69) is 10.6 Å². The summed E-state index contributed by atoms with van der Waals surface area (Å²) in [6.07, 6.45) is 4.26. The van der Waals surface area contributed by atoms with E-state index in [0.29, 0.717) is 12.8 Å². The Hall–Kier alpha value is -2.56. The first-order chi connectivity index (χ1) is 12.0. The minimum absolute atomic E-state index is 0.0117. The predicted molar refractivity (Wildman–Crippen MR) is 97.1 cm³/mol. The molecule has 1 heterocycles. The van der Waals surface area contributed by atoms with Crippen LogP contribution in [-0.4, -0.2) is 24.4 Å². The summed E-state index contributed by atoms with van der Waals surface area (Å²) in [7, 11) is 0. The maximum atomic E-state index is 11.9. The topological polar surface area (TPSA) is 71.3 Å². The zero-order valence-corrected chi connectivity index (χ0v) is 14.9. The maximum Gasteiger partial charge on any atom is 0.239 e. The van der Waals surface area contributed by atoms with E-state index in [1.807, 2.05) is 50.2 Å². The second kappa shape index (κ2) is 9.67. The molecular formula is C20H26N2O3. The van der Waals surface area contributed by atoms with Crippen LogP contribution >= 0.6 is 0 Å². The van der Waals surface area contributed by atoms with E-state index in [0.717, 1.165) is 24.2 Å². The van der Waals surface area contributed by atoms with Crippen LogP contribution in [0, 0.1) is 6.92 Å². The Labute approximate surface area is 148 Å². The van der Waals surface area contributed by atoms with Gasteiger partial charge in [0, 0.05) is 18.9 Å². The van der Waals surface area contributed by atoms with Crippen LogP contribution in [0.5, 0.6) is 0 Å². The monoisotopic (exact) mass is 342 g/mol. The molecule has 134 valence electrons. The summed E-state index contributed by atoms with van der Waals surface area (Å²) >= 11 is 0. The molecule has 0 saturated carbocycles. The molecule has 5 nitrogen and oxygen atoms in total. The molecule has 5 heteroatoms. The lowest BCUT2D eigenvalue weighted by atomic mass is 10.1. The number of carbonyl (C=O) groups excluding carboxylic acids is 2. The third kappa shape index (κ3) is 7.25. The molecule has 1 atom stereocenters. The average molecular weight is 342 g/mol. The fourth-order valence-corrected chi connectivity index (χ4v) is 2.49. The lowest BCUT2D eigenvalue weighted by Gasteiger charge is -2.13. The molecule has 0 aliphatic rings. The quantitative estimate of drug-likeness (QED) is 0.736. The Balaban J connectivity index is 1.60. The van der Waals surface area contributed by atoms with Gasteiger partial charge in [0.05, 0.1) is 12.8 Å². The van der Waals surface area contributed by atoms with Crippen LogP contribution in [0.3, 0.4) is 0 Å². The second-order valence-electron chi connectivity index (χ2n) is 6.35. The molecule has 2 N–H and O–H groups in total. The van der Waals surface area contributed by atoms with Crippen LogP contribution in [0.25, 0.3) is 0 Å². The van der Waals surface area contributed by atoms with Gasteiger partial charge in [0.2, 0.25) is 11.8 Å². The first kappa shape index (κ1) is 18.8. The highest BCUT2D eigenvalue weighted by Gasteiger charge is 2.10. The lowest BCUT2D eigenvalue weighted by Crippen LogP contribution is -2.41. The van der Waals surface area contributed by atoms with Gasteiger partial charge in [0.15, 0.2) is 0 Å². The summed E-state index contributed by atoms with van der Waals surface area (Å²) in [5, 5.41) is 5.55. The van der Waals surface area contributed by atoms with Gasteiger partial charge in [-0.15, -0.1) is 0 Å². The highest BCUT2D eigenvalue weighted by molar-refractivity contribution is 5.84. The largest absolute Gasteiger partial charge is 0.469 e. The Morgan fingerprint density at radius 2 is 1.84 bits per heavy atom. The fraction of sp³-hybridized carbons (Fsp3) is 0.400. The molecule has 0 aliphatic carbocycles. The highest BCUT2D eigenvalue weighted by Crippen LogP contribution is 2.06. The van der Waals surface area contributed by atoms with Crippen LogP contribution in [0.4, 0.5) is 0 Å². The normalized spacial score (nSPS) is 11.8. The molecular weight excluding hydrogens is 316 g/mol. The van der Waals surface area contributed by atoms with Gasteiger partial charge in [-0.25, -0.2) is 0 Å². The SMILES string of the molecule is Cc1ccc(CCC(=O)NCC(=O)N[C@H](C)CCc2ccco2)cc1. The molecule has 0 saturated heterocycles. The third-order valence-corrected chi connectivity index (χ3v) is 4.02. The summed E-state index contributed by atoms with van der Waals surface area (Å²) in [6.45, 7) is 3.99. The number of hydrogen-bond acceptors (Lipinski definition) is 3.